The van der Waals surface area contributed by atoms with Gasteiger partial charge in [0.1, 0.15) is 11.7 Å². The Morgan fingerprint density at radius 2 is 1.95 bits per heavy atom. The van der Waals surface area contributed by atoms with Crippen LogP contribution in [0.1, 0.15) is 27.4 Å². The highest BCUT2D eigenvalue weighted by Crippen LogP contribution is 2.28. The molecule has 0 N–H and O–H groups in total. The Kier molecular flexibility index (Phi) is 4.16. The van der Waals surface area contributed by atoms with E-state index in [1.807, 2.05) is 25.1 Å². The lowest BCUT2D eigenvalue weighted by atomic mass is 9.89. The van der Waals surface area contributed by atoms with Crippen molar-refractivity contribution in [2.45, 2.75) is 12.8 Å². The van der Waals surface area contributed by atoms with Crippen molar-refractivity contribution in [3.05, 3.63) is 70.0 Å². The molecule has 100 valence electrons. The summed E-state index contributed by atoms with van der Waals surface area (Å²) in [4.78, 5) is 12.4. The lowest BCUT2D eigenvalue weighted by molar-refractivity contribution is 0.0978. The zero-order chi connectivity index (χ0) is 14.7. The van der Waals surface area contributed by atoms with Gasteiger partial charge in [0.05, 0.1) is 11.1 Å². The number of hydrogen-bond donors (Lipinski definition) is 0. The average molecular weight is 288 g/mol. The minimum Gasteiger partial charge on any atom is -0.292 e. The van der Waals surface area contributed by atoms with Crippen LogP contribution in [0.25, 0.3) is 0 Å². The summed E-state index contributed by atoms with van der Waals surface area (Å²) in [6, 6.07) is 13.1. The van der Waals surface area contributed by atoms with Gasteiger partial charge in [-0.2, -0.15) is 5.26 Å². The summed E-state index contributed by atoms with van der Waals surface area (Å²) >= 11 is 5.81. The number of ketones is 1. The molecule has 0 aliphatic carbocycles. The number of hydrogen-bond acceptors (Lipinski definition) is 2. The molecule has 2 aromatic rings. The lowest BCUT2D eigenvalue weighted by Crippen LogP contribution is -2.13. The van der Waals surface area contributed by atoms with Gasteiger partial charge in [-0.1, -0.05) is 41.9 Å². The highest BCUT2D eigenvalue weighted by atomic mass is 35.5. The van der Waals surface area contributed by atoms with Crippen LogP contribution in [0, 0.1) is 24.1 Å². The molecule has 0 bridgehead atoms. The average Bonchev–Trinajstić information content (AvgIpc) is 2.44. The molecule has 0 saturated carbocycles. The maximum absolute atomic E-state index is 13.4. The standard InChI is InChI=1S/C16H11ClFNO/c1-10-5-2-3-6-11(10)13(9-19)16(20)12-7-4-8-14(18)15(12)17/h2-8,13H,1H3. The second-order valence-corrected chi connectivity index (χ2v) is 4.76. The topological polar surface area (TPSA) is 40.9 Å². The van der Waals surface area contributed by atoms with E-state index in [0.29, 0.717) is 5.56 Å². The summed E-state index contributed by atoms with van der Waals surface area (Å²) < 4.78 is 13.4. The van der Waals surface area contributed by atoms with E-state index < -0.39 is 17.5 Å². The monoisotopic (exact) mass is 287 g/mol. The van der Waals surface area contributed by atoms with Crippen molar-refractivity contribution in [1.29, 1.82) is 5.26 Å². The van der Waals surface area contributed by atoms with E-state index >= 15 is 0 Å². The van der Waals surface area contributed by atoms with Crippen LogP contribution in [0.4, 0.5) is 4.39 Å². The first-order chi connectivity index (χ1) is 9.56. The molecule has 2 rings (SSSR count). The Morgan fingerprint density at radius 1 is 1.25 bits per heavy atom. The van der Waals surface area contributed by atoms with E-state index in [-0.39, 0.29) is 10.6 Å². The summed E-state index contributed by atoms with van der Waals surface area (Å²) in [7, 11) is 0. The largest absolute Gasteiger partial charge is 0.292 e. The molecule has 0 heterocycles. The zero-order valence-electron chi connectivity index (χ0n) is 10.7. The second kappa shape index (κ2) is 5.85. The van der Waals surface area contributed by atoms with Crippen LogP contribution in [-0.2, 0) is 0 Å². The first-order valence-electron chi connectivity index (χ1n) is 5.99. The lowest BCUT2D eigenvalue weighted by Gasteiger charge is -2.12. The van der Waals surface area contributed by atoms with Gasteiger partial charge >= 0.3 is 0 Å². The molecule has 0 spiro atoms. The van der Waals surface area contributed by atoms with E-state index in [4.69, 9.17) is 11.6 Å². The molecule has 20 heavy (non-hydrogen) atoms. The van der Waals surface area contributed by atoms with Gasteiger partial charge in [0.15, 0.2) is 5.78 Å². The van der Waals surface area contributed by atoms with Crippen molar-refractivity contribution in [3.8, 4) is 6.07 Å². The Hall–Kier alpha value is -2.18. The maximum Gasteiger partial charge on any atom is 0.186 e. The van der Waals surface area contributed by atoms with Crippen molar-refractivity contribution in [2.75, 3.05) is 0 Å². The smallest absolute Gasteiger partial charge is 0.186 e. The zero-order valence-corrected chi connectivity index (χ0v) is 11.5. The molecule has 0 saturated heterocycles. The molecule has 4 heteroatoms. The third-order valence-corrected chi connectivity index (χ3v) is 3.49. The summed E-state index contributed by atoms with van der Waals surface area (Å²) in [6.45, 7) is 1.82. The predicted molar refractivity (Wildman–Crippen MR) is 75.3 cm³/mol. The number of carbonyl (C=O) groups excluding carboxylic acids is 1. The Bertz CT molecular complexity index is 706. The fourth-order valence-electron chi connectivity index (χ4n) is 2.03. The number of rotatable bonds is 3. The molecule has 0 radical (unpaired) electrons. The van der Waals surface area contributed by atoms with Gasteiger partial charge in [-0.15, -0.1) is 0 Å². The second-order valence-electron chi connectivity index (χ2n) is 4.38. The molecule has 2 nitrogen and oxygen atoms in total. The van der Waals surface area contributed by atoms with Crippen LogP contribution in [0.2, 0.25) is 5.02 Å². The molecule has 0 aromatic heterocycles. The molecule has 1 atom stereocenters. The molecule has 0 aliphatic heterocycles. The van der Waals surface area contributed by atoms with Crippen LogP contribution < -0.4 is 0 Å². The Balaban J connectivity index is 2.49. The number of carbonyl (C=O) groups is 1. The fraction of sp³-hybridized carbons (Fsp3) is 0.125. The molecular weight excluding hydrogens is 277 g/mol. The maximum atomic E-state index is 13.4. The third-order valence-electron chi connectivity index (χ3n) is 3.11. The van der Waals surface area contributed by atoms with Crippen LogP contribution in [0.5, 0.6) is 0 Å². The van der Waals surface area contributed by atoms with Gasteiger partial charge in [-0.05, 0) is 30.2 Å². The van der Waals surface area contributed by atoms with Gasteiger partial charge < -0.3 is 0 Å². The van der Waals surface area contributed by atoms with Crippen LogP contribution in [0.3, 0.4) is 0 Å². The van der Waals surface area contributed by atoms with Crippen molar-refractivity contribution in [2.24, 2.45) is 0 Å². The number of halogens is 2. The van der Waals surface area contributed by atoms with E-state index in [9.17, 15) is 14.4 Å². The van der Waals surface area contributed by atoms with Gasteiger partial charge in [0, 0.05) is 5.56 Å². The molecule has 0 fully saturated rings. The molecule has 2 aromatic carbocycles. The number of nitrogens with zero attached hydrogens (tertiary/aromatic N) is 1. The number of benzene rings is 2. The first kappa shape index (κ1) is 14.2. The van der Waals surface area contributed by atoms with Crippen molar-refractivity contribution < 1.29 is 9.18 Å². The quantitative estimate of drug-likeness (QED) is 0.791. The minimum atomic E-state index is -0.990. The van der Waals surface area contributed by atoms with Crippen molar-refractivity contribution in [3.63, 3.8) is 0 Å². The van der Waals surface area contributed by atoms with Gasteiger partial charge in [0.25, 0.3) is 0 Å². The van der Waals surface area contributed by atoms with Crippen LogP contribution in [-0.4, -0.2) is 5.78 Å². The van der Waals surface area contributed by atoms with Gasteiger partial charge in [-0.25, -0.2) is 4.39 Å². The van der Waals surface area contributed by atoms with Gasteiger partial charge in [0.2, 0.25) is 0 Å². The summed E-state index contributed by atoms with van der Waals surface area (Å²) in [5.74, 6) is -2.15. The predicted octanol–water partition coefficient (Wildman–Crippen LogP) is 4.28. The highest BCUT2D eigenvalue weighted by molar-refractivity contribution is 6.34. The molecular formula is C16H11ClFNO. The Morgan fingerprint density at radius 3 is 2.60 bits per heavy atom. The third kappa shape index (κ3) is 2.56. The van der Waals surface area contributed by atoms with Crippen LogP contribution in [0.15, 0.2) is 42.5 Å². The number of Topliss-reactive ketones (excluding diaryl/α,β-unsaturated/α-hetero) is 1. The normalized spacial score (nSPS) is 11.7. The van der Waals surface area contributed by atoms with E-state index in [1.54, 1.807) is 12.1 Å². The molecule has 0 amide bonds. The number of aryl methyl sites for hydroxylation is 1. The van der Waals surface area contributed by atoms with E-state index in [1.165, 1.54) is 18.2 Å². The molecule has 0 aliphatic rings. The highest BCUT2D eigenvalue weighted by Gasteiger charge is 2.25. The van der Waals surface area contributed by atoms with Crippen molar-refractivity contribution in [1.82, 2.24) is 0 Å². The minimum absolute atomic E-state index is 0.0291. The Labute approximate surface area is 121 Å². The van der Waals surface area contributed by atoms with Crippen LogP contribution >= 0.6 is 11.6 Å². The first-order valence-corrected chi connectivity index (χ1v) is 6.37. The summed E-state index contributed by atoms with van der Waals surface area (Å²) in [5, 5.41) is 9.04. The van der Waals surface area contributed by atoms with E-state index in [0.717, 1.165) is 5.56 Å². The summed E-state index contributed by atoms with van der Waals surface area (Å²) in [6.07, 6.45) is 0. The fourth-order valence-corrected chi connectivity index (χ4v) is 2.25. The van der Waals surface area contributed by atoms with Crippen molar-refractivity contribution >= 4 is 17.4 Å². The van der Waals surface area contributed by atoms with Gasteiger partial charge in [-0.3, -0.25) is 4.79 Å². The summed E-state index contributed by atoms with van der Waals surface area (Å²) in [5.41, 5.74) is 1.47. The SMILES string of the molecule is Cc1ccccc1C(C#N)C(=O)c1cccc(F)c1Cl. The van der Waals surface area contributed by atoms with E-state index in [2.05, 4.69) is 0 Å². The molecule has 1 unspecified atom stereocenters. The number of nitriles is 1.